The van der Waals surface area contributed by atoms with E-state index in [-0.39, 0.29) is 17.2 Å². The molecular weight excluding hydrogens is 328 g/mol. The normalized spacial score (nSPS) is 14.1. The SMILES string of the molecule is CC(C)[C@@](C)(C#N)NC(=O)[C@H](C)OC(=O)c1ccc(N)c([N+](=O)[O-])c1. The molecule has 0 spiro atoms. The average Bonchev–Trinajstić information content (AvgIpc) is 2.54. The Morgan fingerprint density at radius 3 is 2.48 bits per heavy atom. The summed E-state index contributed by atoms with van der Waals surface area (Å²) in [6, 6.07) is 5.48. The number of nitriles is 1. The number of hydrogen-bond donors (Lipinski definition) is 2. The van der Waals surface area contributed by atoms with Crippen molar-refractivity contribution in [3.63, 3.8) is 0 Å². The second kappa shape index (κ2) is 7.61. The minimum Gasteiger partial charge on any atom is -0.449 e. The maximum absolute atomic E-state index is 12.2. The number of carbonyl (C=O) groups excluding carboxylic acids is 2. The molecule has 0 saturated heterocycles. The highest BCUT2D eigenvalue weighted by atomic mass is 16.6. The predicted octanol–water partition coefficient (Wildman–Crippen LogP) is 1.78. The first-order chi connectivity index (χ1) is 11.5. The average molecular weight is 348 g/mol. The van der Waals surface area contributed by atoms with Crippen molar-refractivity contribution in [1.29, 1.82) is 5.26 Å². The molecule has 0 heterocycles. The first-order valence-electron chi connectivity index (χ1n) is 7.50. The van der Waals surface area contributed by atoms with Crippen LogP contribution in [0.2, 0.25) is 0 Å². The van der Waals surface area contributed by atoms with E-state index in [9.17, 15) is 25.0 Å². The number of anilines is 1. The van der Waals surface area contributed by atoms with Crippen molar-refractivity contribution in [2.75, 3.05) is 5.73 Å². The molecule has 0 aliphatic rings. The van der Waals surface area contributed by atoms with Gasteiger partial charge in [0.05, 0.1) is 16.6 Å². The molecule has 9 nitrogen and oxygen atoms in total. The van der Waals surface area contributed by atoms with Crippen molar-refractivity contribution in [2.24, 2.45) is 5.92 Å². The van der Waals surface area contributed by atoms with Gasteiger partial charge in [-0.15, -0.1) is 0 Å². The van der Waals surface area contributed by atoms with E-state index in [4.69, 9.17) is 10.5 Å². The lowest BCUT2D eigenvalue weighted by Crippen LogP contribution is -2.52. The number of hydrogen-bond acceptors (Lipinski definition) is 7. The fraction of sp³-hybridized carbons (Fsp3) is 0.438. The van der Waals surface area contributed by atoms with Gasteiger partial charge >= 0.3 is 5.97 Å². The standard InChI is InChI=1S/C16H20N4O5/c1-9(2)16(4,8-17)19-14(21)10(3)25-15(22)11-5-6-12(18)13(7-11)20(23)24/h5-7,9-10H,18H2,1-4H3,(H,19,21)/t10-,16+/m0/s1. The molecule has 0 radical (unpaired) electrons. The van der Waals surface area contributed by atoms with Crippen LogP contribution >= 0.6 is 0 Å². The molecule has 1 aromatic carbocycles. The zero-order chi connectivity index (χ0) is 19.4. The maximum Gasteiger partial charge on any atom is 0.339 e. The Labute approximate surface area is 144 Å². The number of nitrogens with one attached hydrogen (secondary N) is 1. The van der Waals surface area contributed by atoms with E-state index in [1.165, 1.54) is 19.1 Å². The second-order valence-corrected chi connectivity index (χ2v) is 6.04. The van der Waals surface area contributed by atoms with Crippen LogP contribution in [0.25, 0.3) is 0 Å². The first kappa shape index (κ1) is 19.9. The molecule has 0 saturated carbocycles. The monoisotopic (exact) mass is 348 g/mol. The van der Waals surface area contributed by atoms with Gasteiger partial charge in [0.15, 0.2) is 6.10 Å². The zero-order valence-electron chi connectivity index (χ0n) is 14.4. The molecule has 1 aromatic rings. The molecule has 9 heteroatoms. The lowest BCUT2D eigenvalue weighted by Gasteiger charge is -2.28. The van der Waals surface area contributed by atoms with Crippen molar-refractivity contribution in [1.82, 2.24) is 5.32 Å². The second-order valence-electron chi connectivity index (χ2n) is 6.04. The maximum atomic E-state index is 12.2. The third-order valence-electron chi connectivity index (χ3n) is 3.89. The predicted molar refractivity (Wildman–Crippen MR) is 89.4 cm³/mol. The third-order valence-corrected chi connectivity index (χ3v) is 3.89. The van der Waals surface area contributed by atoms with Gasteiger partial charge in [0.2, 0.25) is 0 Å². The van der Waals surface area contributed by atoms with Gasteiger partial charge < -0.3 is 15.8 Å². The largest absolute Gasteiger partial charge is 0.449 e. The highest BCUT2D eigenvalue weighted by Crippen LogP contribution is 2.23. The molecule has 2 atom stereocenters. The molecule has 0 aliphatic heterocycles. The number of rotatable bonds is 6. The van der Waals surface area contributed by atoms with Crippen LogP contribution in [-0.2, 0) is 9.53 Å². The van der Waals surface area contributed by atoms with Crippen molar-refractivity contribution in [3.8, 4) is 6.07 Å². The Hall–Kier alpha value is -3.15. The molecule has 0 fully saturated rings. The lowest BCUT2D eigenvalue weighted by molar-refractivity contribution is -0.383. The fourth-order valence-electron chi connectivity index (χ4n) is 1.77. The molecule has 0 aromatic heterocycles. The van der Waals surface area contributed by atoms with Crippen LogP contribution < -0.4 is 11.1 Å². The molecule has 0 unspecified atom stereocenters. The van der Waals surface area contributed by atoms with Crippen molar-refractivity contribution < 1.29 is 19.2 Å². The first-order valence-corrected chi connectivity index (χ1v) is 7.50. The number of nitro benzene ring substituents is 1. The summed E-state index contributed by atoms with van der Waals surface area (Å²) in [6.45, 7) is 6.45. The van der Waals surface area contributed by atoms with E-state index in [1.54, 1.807) is 20.8 Å². The van der Waals surface area contributed by atoms with Crippen LogP contribution in [-0.4, -0.2) is 28.4 Å². The van der Waals surface area contributed by atoms with Crippen LogP contribution in [0.5, 0.6) is 0 Å². The number of nitrogens with two attached hydrogens (primary N) is 1. The number of carbonyl (C=O) groups is 2. The number of benzene rings is 1. The van der Waals surface area contributed by atoms with Crippen molar-refractivity contribution in [3.05, 3.63) is 33.9 Å². The summed E-state index contributed by atoms with van der Waals surface area (Å²) in [5.74, 6) is -1.71. The summed E-state index contributed by atoms with van der Waals surface area (Å²) < 4.78 is 5.02. The Kier molecular flexibility index (Phi) is 6.06. The van der Waals surface area contributed by atoms with E-state index in [1.807, 2.05) is 6.07 Å². The van der Waals surface area contributed by atoms with Gasteiger partial charge in [0, 0.05) is 6.07 Å². The highest BCUT2D eigenvalue weighted by Gasteiger charge is 2.32. The molecule has 1 amide bonds. The topological polar surface area (TPSA) is 148 Å². The summed E-state index contributed by atoms with van der Waals surface area (Å²) in [7, 11) is 0. The summed E-state index contributed by atoms with van der Waals surface area (Å²) in [6.07, 6.45) is -1.18. The van der Waals surface area contributed by atoms with Gasteiger partial charge in [0.25, 0.3) is 11.6 Å². The summed E-state index contributed by atoms with van der Waals surface area (Å²) in [4.78, 5) is 34.4. The zero-order valence-corrected chi connectivity index (χ0v) is 14.4. The fourth-order valence-corrected chi connectivity index (χ4v) is 1.77. The van der Waals surface area contributed by atoms with E-state index in [2.05, 4.69) is 5.32 Å². The van der Waals surface area contributed by atoms with Gasteiger partial charge in [-0.25, -0.2) is 4.79 Å². The molecule has 134 valence electrons. The van der Waals surface area contributed by atoms with Crippen molar-refractivity contribution >= 4 is 23.3 Å². The van der Waals surface area contributed by atoms with Crippen molar-refractivity contribution in [2.45, 2.75) is 39.3 Å². The Bertz CT molecular complexity index is 741. The van der Waals surface area contributed by atoms with Gasteiger partial charge in [0.1, 0.15) is 11.2 Å². The smallest absolute Gasteiger partial charge is 0.339 e. The lowest BCUT2D eigenvalue weighted by atomic mass is 9.90. The summed E-state index contributed by atoms with van der Waals surface area (Å²) in [5.41, 5.74) is 3.73. The van der Waals surface area contributed by atoms with Crippen LogP contribution in [0.4, 0.5) is 11.4 Å². The molecule has 0 bridgehead atoms. The minimum atomic E-state index is -1.18. The summed E-state index contributed by atoms with van der Waals surface area (Å²) in [5, 5.41) is 22.6. The molecule has 0 aliphatic carbocycles. The van der Waals surface area contributed by atoms with Gasteiger partial charge in [-0.05, 0) is 31.9 Å². The van der Waals surface area contributed by atoms with Crippen LogP contribution in [0.3, 0.4) is 0 Å². The van der Waals surface area contributed by atoms with E-state index < -0.39 is 34.1 Å². The number of nitro groups is 1. The van der Waals surface area contributed by atoms with Gasteiger partial charge in [-0.3, -0.25) is 14.9 Å². The Balaban J connectivity index is 2.87. The summed E-state index contributed by atoms with van der Waals surface area (Å²) >= 11 is 0. The number of amides is 1. The number of esters is 1. The number of nitrogens with zero attached hydrogens (tertiary/aromatic N) is 2. The van der Waals surface area contributed by atoms with Gasteiger partial charge in [-0.1, -0.05) is 13.8 Å². The highest BCUT2D eigenvalue weighted by molar-refractivity contribution is 5.93. The van der Waals surface area contributed by atoms with E-state index in [0.717, 1.165) is 6.07 Å². The third kappa shape index (κ3) is 4.67. The van der Waals surface area contributed by atoms with E-state index in [0.29, 0.717) is 0 Å². The number of nitrogen functional groups attached to an aromatic ring is 1. The Morgan fingerprint density at radius 1 is 1.40 bits per heavy atom. The Morgan fingerprint density at radius 2 is 2.00 bits per heavy atom. The minimum absolute atomic E-state index is 0.0888. The van der Waals surface area contributed by atoms with Crippen LogP contribution in [0.15, 0.2) is 18.2 Å². The van der Waals surface area contributed by atoms with E-state index >= 15 is 0 Å². The molecular formula is C16H20N4O5. The van der Waals surface area contributed by atoms with Crippen LogP contribution in [0.1, 0.15) is 38.1 Å². The van der Waals surface area contributed by atoms with Gasteiger partial charge in [-0.2, -0.15) is 5.26 Å². The molecule has 1 rings (SSSR count). The quantitative estimate of drug-likeness (QED) is 0.344. The molecule has 25 heavy (non-hydrogen) atoms. The number of ether oxygens (including phenoxy) is 1. The van der Waals surface area contributed by atoms with Crippen LogP contribution in [0, 0.1) is 27.4 Å². The molecule has 3 N–H and O–H groups in total.